The van der Waals surface area contributed by atoms with E-state index in [4.69, 9.17) is 27.9 Å². The number of carbonyl (C=O) groups excluding carboxylic acids is 2. The molecular formula is C23H19Cl2N3O3. The van der Waals surface area contributed by atoms with Gasteiger partial charge in [0.2, 0.25) is 11.8 Å². The number of para-hydroxylation sites is 1. The number of benzene rings is 3. The molecule has 0 heterocycles. The van der Waals surface area contributed by atoms with Gasteiger partial charge in [-0.1, -0.05) is 47.5 Å². The fraction of sp³-hybridized carbons (Fsp3) is 0.0870. The first-order valence-electron chi connectivity index (χ1n) is 9.33. The molecule has 6 nitrogen and oxygen atoms in total. The van der Waals surface area contributed by atoms with E-state index < -0.39 is 11.8 Å². The van der Waals surface area contributed by atoms with Crippen molar-refractivity contribution in [1.82, 2.24) is 5.43 Å². The number of carbonyl (C=O) groups is 2. The van der Waals surface area contributed by atoms with Crippen LogP contribution in [0.2, 0.25) is 10.0 Å². The quantitative estimate of drug-likeness (QED) is 0.283. The molecule has 0 spiro atoms. The Kier molecular flexibility index (Phi) is 8.04. The summed E-state index contributed by atoms with van der Waals surface area (Å²) < 4.78 is 5.72. The van der Waals surface area contributed by atoms with Gasteiger partial charge in [-0.15, -0.1) is 0 Å². The van der Waals surface area contributed by atoms with Gasteiger partial charge in [-0.3, -0.25) is 9.59 Å². The first kappa shape index (κ1) is 22.3. The van der Waals surface area contributed by atoms with Crippen molar-refractivity contribution in [2.24, 2.45) is 5.10 Å². The van der Waals surface area contributed by atoms with Crippen molar-refractivity contribution < 1.29 is 14.3 Å². The summed E-state index contributed by atoms with van der Waals surface area (Å²) in [6.07, 6.45) is 1.10. The number of nitrogens with one attached hydrogen (secondary N) is 2. The second kappa shape index (κ2) is 11.2. The lowest BCUT2D eigenvalue weighted by Crippen LogP contribution is -2.24. The summed E-state index contributed by atoms with van der Waals surface area (Å²) in [7, 11) is 0. The fourth-order valence-corrected chi connectivity index (χ4v) is 2.83. The van der Waals surface area contributed by atoms with Crippen molar-refractivity contribution >= 4 is 46.9 Å². The number of hydrogen-bond acceptors (Lipinski definition) is 4. The molecule has 0 atom stereocenters. The van der Waals surface area contributed by atoms with Crippen LogP contribution in [0.4, 0.5) is 5.69 Å². The van der Waals surface area contributed by atoms with E-state index in [1.807, 2.05) is 24.3 Å². The van der Waals surface area contributed by atoms with Crippen LogP contribution in [0.15, 0.2) is 77.9 Å². The van der Waals surface area contributed by atoms with Gasteiger partial charge in [0, 0.05) is 5.02 Å². The molecule has 0 bridgehead atoms. The number of anilines is 1. The van der Waals surface area contributed by atoms with Gasteiger partial charge in [-0.25, -0.2) is 5.43 Å². The molecule has 0 saturated heterocycles. The minimum atomic E-state index is -0.538. The molecule has 2 N–H and O–H groups in total. The molecule has 8 heteroatoms. The Hall–Kier alpha value is -3.35. The van der Waals surface area contributed by atoms with E-state index in [9.17, 15) is 9.59 Å². The second-order valence-corrected chi connectivity index (χ2v) is 7.33. The van der Waals surface area contributed by atoms with E-state index >= 15 is 0 Å². The van der Waals surface area contributed by atoms with Crippen LogP contribution in [0.25, 0.3) is 0 Å². The third-order valence-electron chi connectivity index (χ3n) is 4.07. The van der Waals surface area contributed by atoms with Crippen LogP contribution in [-0.4, -0.2) is 18.0 Å². The zero-order valence-electron chi connectivity index (χ0n) is 16.3. The molecule has 0 aliphatic rings. The molecule has 2 amide bonds. The van der Waals surface area contributed by atoms with Gasteiger partial charge in [-0.05, 0) is 59.7 Å². The molecule has 3 aromatic carbocycles. The highest BCUT2D eigenvalue weighted by Gasteiger charge is 2.10. The monoisotopic (exact) mass is 455 g/mol. The van der Waals surface area contributed by atoms with Gasteiger partial charge in [0.1, 0.15) is 18.8 Å². The van der Waals surface area contributed by atoms with Gasteiger partial charge in [-0.2, -0.15) is 5.10 Å². The van der Waals surface area contributed by atoms with Crippen molar-refractivity contribution in [3.63, 3.8) is 0 Å². The van der Waals surface area contributed by atoms with E-state index in [-0.39, 0.29) is 6.42 Å². The van der Waals surface area contributed by atoms with Crippen molar-refractivity contribution in [3.8, 4) is 5.75 Å². The van der Waals surface area contributed by atoms with Gasteiger partial charge in [0.15, 0.2) is 0 Å². The summed E-state index contributed by atoms with van der Waals surface area (Å²) >= 11 is 11.8. The standard InChI is InChI=1S/C23H19Cl2N3O3/c24-18-9-5-17(6-10-18)15-31-19-11-7-16(8-12-19)14-26-28-23(30)13-22(29)27-21-4-2-1-3-20(21)25/h1-12,14H,13,15H2,(H,27,29)(H,28,30). The summed E-state index contributed by atoms with van der Waals surface area (Å²) in [6, 6.07) is 21.4. The van der Waals surface area contributed by atoms with Crippen molar-refractivity contribution in [2.45, 2.75) is 13.0 Å². The largest absolute Gasteiger partial charge is 0.489 e. The smallest absolute Gasteiger partial charge is 0.249 e. The summed E-state index contributed by atoms with van der Waals surface area (Å²) in [6.45, 7) is 0.427. The number of hydrogen-bond donors (Lipinski definition) is 2. The lowest BCUT2D eigenvalue weighted by molar-refractivity contribution is -0.126. The van der Waals surface area contributed by atoms with E-state index in [1.165, 1.54) is 6.21 Å². The second-order valence-electron chi connectivity index (χ2n) is 6.48. The lowest BCUT2D eigenvalue weighted by atomic mass is 10.2. The molecule has 158 valence electrons. The summed E-state index contributed by atoms with van der Waals surface area (Å²) in [5, 5.41) is 7.52. The van der Waals surface area contributed by atoms with E-state index in [2.05, 4.69) is 15.8 Å². The molecule has 0 aromatic heterocycles. The molecule has 0 aliphatic carbocycles. The minimum absolute atomic E-state index is 0.375. The Morgan fingerprint density at radius 2 is 1.61 bits per heavy atom. The zero-order chi connectivity index (χ0) is 22.1. The number of amides is 2. The van der Waals surface area contributed by atoms with Crippen LogP contribution in [0.3, 0.4) is 0 Å². The predicted molar refractivity (Wildman–Crippen MR) is 123 cm³/mol. The van der Waals surface area contributed by atoms with Crippen LogP contribution < -0.4 is 15.5 Å². The molecule has 0 radical (unpaired) electrons. The first-order valence-corrected chi connectivity index (χ1v) is 10.1. The Balaban J connectivity index is 1.42. The SMILES string of the molecule is O=C(CC(=O)Nc1ccccc1Cl)NN=Cc1ccc(OCc2ccc(Cl)cc2)cc1. The average Bonchev–Trinajstić information content (AvgIpc) is 2.76. The van der Waals surface area contributed by atoms with Crippen molar-refractivity contribution in [1.29, 1.82) is 0 Å². The van der Waals surface area contributed by atoms with Gasteiger partial charge in [0.05, 0.1) is 16.9 Å². The van der Waals surface area contributed by atoms with Crippen LogP contribution in [0.5, 0.6) is 5.75 Å². The molecule has 3 aromatic rings. The molecule has 0 unspecified atom stereocenters. The van der Waals surface area contributed by atoms with Crippen molar-refractivity contribution in [2.75, 3.05) is 5.32 Å². The summed E-state index contributed by atoms with van der Waals surface area (Å²) in [5.41, 5.74) is 4.54. The topological polar surface area (TPSA) is 79.8 Å². The average molecular weight is 456 g/mol. The predicted octanol–water partition coefficient (Wildman–Crippen LogP) is 5.05. The van der Waals surface area contributed by atoms with Crippen LogP contribution >= 0.6 is 23.2 Å². The molecule has 0 fully saturated rings. The maximum absolute atomic E-state index is 11.9. The highest BCUT2D eigenvalue weighted by molar-refractivity contribution is 6.33. The van der Waals surface area contributed by atoms with E-state index in [1.54, 1.807) is 48.5 Å². The highest BCUT2D eigenvalue weighted by atomic mass is 35.5. The Bertz CT molecular complexity index is 1070. The van der Waals surface area contributed by atoms with E-state index in [0.717, 1.165) is 11.1 Å². The first-order chi connectivity index (χ1) is 15.0. The lowest BCUT2D eigenvalue weighted by Gasteiger charge is -2.07. The number of ether oxygens (including phenoxy) is 1. The third kappa shape index (κ3) is 7.44. The Morgan fingerprint density at radius 1 is 0.903 bits per heavy atom. The number of hydrazone groups is 1. The van der Waals surface area contributed by atoms with Crippen LogP contribution in [0.1, 0.15) is 17.5 Å². The van der Waals surface area contributed by atoms with Crippen LogP contribution in [-0.2, 0) is 16.2 Å². The summed E-state index contributed by atoms with van der Waals surface area (Å²) in [5.74, 6) is -0.320. The maximum atomic E-state index is 11.9. The highest BCUT2D eigenvalue weighted by Crippen LogP contribution is 2.20. The maximum Gasteiger partial charge on any atom is 0.249 e. The number of rotatable bonds is 8. The molecule has 0 saturated carbocycles. The molecule has 0 aliphatic heterocycles. The molecular weight excluding hydrogens is 437 g/mol. The Morgan fingerprint density at radius 3 is 2.32 bits per heavy atom. The van der Waals surface area contributed by atoms with Crippen LogP contribution in [0, 0.1) is 0 Å². The van der Waals surface area contributed by atoms with Crippen molar-refractivity contribution in [3.05, 3.63) is 94.0 Å². The normalized spacial score (nSPS) is 10.6. The number of nitrogens with zero attached hydrogens (tertiary/aromatic N) is 1. The van der Waals surface area contributed by atoms with Gasteiger partial charge < -0.3 is 10.1 Å². The van der Waals surface area contributed by atoms with Gasteiger partial charge >= 0.3 is 0 Å². The summed E-state index contributed by atoms with van der Waals surface area (Å²) in [4.78, 5) is 23.8. The fourth-order valence-electron chi connectivity index (χ4n) is 2.52. The number of halogens is 2. The Labute approximate surface area is 189 Å². The molecule has 3 rings (SSSR count). The van der Waals surface area contributed by atoms with E-state index in [0.29, 0.717) is 28.1 Å². The minimum Gasteiger partial charge on any atom is -0.489 e. The molecule has 31 heavy (non-hydrogen) atoms. The zero-order valence-corrected chi connectivity index (χ0v) is 17.9. The third-order valence-corrected chi connectivity index (χ3v) is 4.65. The van der Waals surface area contributed by atoms with Gasteiger partial charge in [0.25, 0.3) is 0 Å².